The van der Waals surface area contributed by atoms with Gasteiger partial charge in [-0.1, -0.05) is 25.5 Å². The topological polar surface area (TPSA) is 112 Å². The summed E-state index contributed by atoms with van der Waals surface area (Å²) >= 11 is 0. The molecule has 0 heterocycles. The second kappa shape index (κ2) is 18.0. The Morgan fingerprint density at radius 2 is 1.56 bits per heavy atom. The number of nitrogens with one attached hydrogen (secondary N) is 2. The number of methoxy groups -OCH3 is 2. The van der Waals surface area contributed by atoms with Gasteiger partial charge < -0.3 is 29.6 Å². The van der Waals surface area contributed by atoms with E-state index < -0.39 is 28.9 Å². The van der Waals surface area contributed by atoms with Crippen molar-refractivity contribution in [2.45, 2.75) is 65.2 Å². The Kier molecular flexibility index (Phi) is 13.5. The molecule has 1 saturated carbocycles. The minimum absolute atomic E-state index is 0.0704. The quantitative estimate of drug-likeness (QED) is 0.0453. The van der Waals surface area contributed by atoms with Crippen LogP contribution in [0.5, 0.6) is 17.2 Å². The fourth-order valence-corrected chi connectivity index (χ4v) is 5.13. The predicted octanol–water partition coefficient (Wildman–Crippen LogP) is 8.53. The van der Waals surface area contributed by atoms with Crippen LogP contribution in [-0.2, 0) is 19.1 Å². The number of anilines is 2. The Hall–Kier alpha value is -5.19. The summed E-state index contributed by atoms with van der Waals surface area (Å²) in [6, 6.07) is 12.9. The number of amides is 2. The number of halogens is 2. The molecule has 11 heteroatoms. The standard InChI is InChI=1S/C39H44F2N2O7/c1-5-6-7-9-12-32(30-25-34(47-3)35(23-26(30)2)49-22-11-8-10-13-36(44)48-4)50-33-19-18-29(24-31(33)41)43-38(46)39(20-21-39)37(45)42-28-16-14-27(40)15-17-28/h7,9,12,14-19,23-25H,5-6,8,10-11,13,20-22H2,1-4H3,(H,42,45)(H,43,46)/b9-7+,32-12+. The average molecular weight is 691 g/mol. The van der Waals surface area contributed by atoms with Gasteiger partial charge in [0.15, 0.2) is 23.1 Å². The van der Waals surface area contributed by atoms with Crippen LogP contribution in [0.1, 0.15) is 69.4 Å². The minimum Gasteiger partial charge on any atom is -0.493 e. The van der Waals surface area contributed by atoms with Crippen LogP contribution in [0.15, 0.2) is 72.8 Å². The normalized spacial score (nSPS) is 13.4. The number of aryl methyl sites for hydroxylation is 1. The Labute approximate surface area is 291 Å². The van der Waals surface area contributed by atoms with Crippen LogP contribution in [-0.4, -0.2) is 38.6 Å². The lowest BCUT2D eigenvalue weighted by atomic mass is 10.0. The first kappa shape index (κ1) is 37.6. The van der Waals surface area contributed by atoms with Gasteiger partial charge in [-0.25, -0.2) is 8.78 Å². The Bertz CT molecular complexity index is 1720. The van der Waals surface area contributed by atoms with Gasteiger partial charge in [-0.05, 0) is 106 Å². The number of unbranched alkanes of at least 4 members (excludes halogenated alkanes) is 3. The van der Waals surface area contributed by atoms with Gasteiger partial charge >= 0.3 is 5.97 Å². The van der Waals surface area contributed by atoms with E-state index in [2.05, 4.69) is 22.3 Å². The van der Waals surface area contributed by atoms with Crippen LogP contribution < -0.4 is 24.8 Å². The third kappa shape index (κ3) is 10.2. The summed E-state index contributed by atoms with van der Waals surface area (Å²) in [4.78, 5) is 37.4. The summed E-state index contributed by atoms with van der Waals surface area (Å²) in [5, 5.41) is 5.31. The number of hydrogen-bond acceptors (Lipinski definition) is 7. The third-order valence-corrected chi connectivity index (χ3v) is 8.26. The molecule has 0 spiro atoms. The van der Waals surface area contributed by atoms with Gasteiger partial charge in [0.1, 0.15) is 17.0 Å². The van der Waals surface area contributed by atoms with Crippen LogP contribution in [0.4, 0.5) is 20.2 Å². The van der Waals surface area contributed by atoms with Crippen molar-refractivity contribution < 1.29 is 42.1 Å². The molecule has 1 fully saturated rings. The van der Waals surface area contributed by atoms with Crippen LogP contribution in [0.3, 0.4) is 0 Å². The van der Waals surface area contributed by atoms with Crippen LogP contribution in [0.2, 0.25) is 0 Å². The highest BCUT2D eigenvalue weighted by atomic mass is 19.1. The monoisotopic (exact) mass is 690 g/mol. The molecule has 0 saturated heterocycles. The molecule has 0 atom stereocenters. The van der Waals surface area contributed by atoms with Crippen LogP contribution in [0, 0.1) is 24.0 Å². The van der Waals surface area contributed by atoms with E-state index in [1.54, 1.807) is 12.1 Å². The molecule has 1 aliphatic rings. The van der Waals surface area contributed by atoms with E-state index in [1.807, 2.05) is 25.1 Å². The Balaban J connectivity index is 1.46. The summed E-state index contributed by atoms with van der Waals surface area (Å²) < 4.78 is 51.2. The molecular formula is C39H44F2N2O7. The van der Waals surface area contributed by atoms with Crippen LogP contribution >= 0.6 is 0 Å². The van der Waals surface area contributed by atoms with Crippen molar-refractivity contribution in [3.05, 3.63) is 95.6 Å². The zero-order valence-electron chi connectivity index (χ0n) is 28.9. The number of ether oxygens (including phenoxy) is 4. The third-order valence-electron chi connectivity index (χ3n) is 8.26. The van der Waals surface area contributed by atoms with Crippen molar-refractivity contribution in [1.82, 2.24) is 0 Å². The predicted molar refractivity (Wildman–Crippen MR) is 188 cm³/mol. The van der Waals surface area contributed by atoms with Gasteiger partial charge in [-0.2, -0.15) is 0 Å². The number of rotatable bonds is 18. The van der Waals surface area contributed by atoms with E-state index in [4.69, 9.17) is 14.2 Å². The molecule has 0 radical (unpaired) electrons. The summed E-state index contributed by atoms with van der Waals surface area (Å²) in [6.45, 7) is 4.39. The van der Waals surface area contributed by atoms with Crippen molar-refractivity contribution in [2.75, 3.05) is 31.5 Å². The fourth-order valence-electron chi connectivity index (χ4n) is 5.13. The highest BCUT2D eigenvalue weighted by Gasteiger charge is 2.56. The van der Waals surface area contributed by atoms with E-state index in [9.17, 15) is 18.8 Å². The highest BCUT2D eigenvalue weighted by molar-refractivity contribution is 6.16. The molecule has 2 N–H and O–H groups in total. The lowest BCUT2D eigenvalue weighted by Gasteiger charge is -2.18. The summed E-state index contributed by atoms with van der Waals surface area (Å²) in [5.74, 6) is -1.14. The first-order chi connectivity index (χ1) is 24.1. The Morgan fingerprint density at radius 1 is 0.860 bits per heavy atom. The fraction of sp³-hybridized carbons (Fsp3) is 0.359. The van der Waals surface area contributed by atoms with Gasteiger partial charge in [-0.15, -0.1) is 0 Å². The molecule has 3 aromatic rings. The maximum atomic E-state index is 15.5. The van der Waals surface area contributed by atoms with Crippen molar-refractivity contribution in [1.29, 1.82) is 0 Å². The second-order valence-electron chi connectivity index (χ2n) is 12.0. The molecule has 0 unspecified atom stereocenters. The lowest BCUT2D eigenvalue weighted by Crippen LogP contribution is -2.35. The molecule has 9 nitrogen and oxygen atoms in total. The van der Waals surface area contributed by atoms with Gasteiger partial charge in [0.25, 0.3) is 0 Å². The second-order valence-corrected chi connectivity index (χ2v) is 12.0. The van der Waals surface area contributed by atoms with E-state index in [0.29, 0.717) is 60.8 Å². The largest absolute Gasteiger partial charge is 0.493 e. The highest BCUT2D eigenvalue weighted by Crippen LogP contribution is 2.47. The zero-order valence-corrected chi connectivity index (χ0v) is 28.9. The molecule has 50 heavy (non-hydrogen) atoms. The van der Waals surface area contributed by atoms with E-state index in [0.717, 1.165) is 37.3 Å². The molecule has 1 aliphatic carbocycles. The average Bonchev–Trinajstić information content (AvgIpc) is 3.92. The van der Waals surface area contributed by atoms with E-state index >= 15 is 4.39 Å². The van der Waals surface area contributed by atoms with Crippen LogP contribution in [0.25, 0.3) is 5.76 Å². The smallest absolute Gasteiger partial charge is 0.305 e. The van der Waals surface area contributed by atoms with Gasteiger partial charge in [0.05, 0.1) is 20.8 Å². The molecule has 0 aromatic heterocycles. The molecule has 4 rings (SSSR count). The molecular weight excluding hydrogens is 646 g/mol. The first-order valence-electron chi connectivity index (χ1n) is 16.7. The molecule has 2 amide bonds. The van der Waals surface area contributed by atoms with E-state index in [1.165, 1.54) is 50.6 Å². The maximum Gasteiger partial charge on any atom is 0.305 e. The Morgan fingerprint density at radius 3 is 2.20 bits per heavy atom. The summed E-state index contributed by atoms with van der Waals surface area (Å²) in [7, 11) is 2.91. The maximum absolute atomic E-state index is 15.5. The van der Waals surface area contributed by atoms with Crippen molar-refractivity contribution >= 4 is 34.9 Å². The molecule has 0 bridgehead atoms. The SMILES string of the molecule is CCC/C=C/C=C(/Oc1ccc(NC(=O)C2(C(=O)Nc3ccc(F)cc3)CC2)cc1F)c1cc(OC)c(OCCCCCC(=O)OC)cc1C. The molecule has 266 valence electrons. The zero-order chi connectivity index (χ0) is 36.1. The number of carbonyl (C=O) groups is 3. The summed E-state index contributed by atoms with van der Waals surface area (Å²) in [5.41, 5.74) is 0.708. The van der Waals surface area contributed by atoms with Crippen molar-refractivity contribution in [2.24, 2.45) is 5.41 Å². The van der Waals surface area contributed by atoms with E-state index in [-0.39, 0.29) is 17.4 Å². The minimum atomic E-state index is -1.29. The number of benzene rings is 3. The van der Waals surface area contributed by atoms with Gasteiger partial charge in [0.2, 0.25) is 11.8 Å². The molecule has 0 aliphatic heterocycles. The molecule has 3 aromatic carbocycles. The number of allylic oxidation sites excluding steroid dienone is 3. The number of hydrogen-bond donors (Lipinski definition) is 2. The lowest BCUT2D eigenvalue weighted by molar-refractivity contribution is -0.140. The summed E-state index contributed by atoms with van der Waals surface area (Å²) in [6.07, 6.45) is 10.7. The van der Waals surface area contributed by atoms with Crippen molar-refractivity contribution in [3.63, 3.8) is 0 Å². The van der Waals surface area contributed by atoms with Gasteiger partial charge in [-0.3, -0.25) is 14.4 Å². The van der Waals surface area contributed by atoms with Crippen molar-refractivity contribution in [3.8, 4) is 17.2 Å². The number of carbonyl (C=O) groups excluding carboxylic acids is 3. The first-order valence-corrected chi connectivity index (χ1v) is 16.7. The number of esters is 1. The van der Waals surface area contributed by atoms with Gasteiger partial charge in [0, 0.05) is 29.4 Å².